The van der Waals surface area contributed by atoms with Gasteiger partial charge in [0.25, 0.3) is 5.91 Å². The SMILES string of the molecule is C=CCCC(CC)S(=O)(=O)NC(=O)c1ccc2c(c1)N(C[C@@H]1CC[C@@H]1C(O)C=C)C[C@@]1(CCc3cc(Cl)ccc31)CO2. The highest BCUT2D eigenvalue weighted by atomic mass is 35.5. The van der Waals surface area contributed by atoms with Gasteiger partial charge in [0.1, 0.15) is 5.75 Å². The fraction of sp³-hybridized carbons (Fsp3) is 0.485. The third kappa shape index (κ3) is 5.99. The van der Waals surface area contributed by atoms with Crippen LogP contribution in [0.3, 0.4) is 0 Å². The molecule has 9 heteroatoms. The monoisotopic (exact) mass is 612 g/mol. The molecule has 3 aliphatic rings. The molecule has 0 aromatic heterocycles. The first-order valence-electron chi connectivity index (χ1n) is 14.9. The Bertz CT molecular complexity index is 1460. The van der Waals surface area contributed by atoms with Crippen LogP contribution in [-0.2, 0) is 21.9 Å². The second-order valence-electron chi connectivity index (χ2n) is 12.0. The molecule has 1 fully saturated rings. The summed E-state index contributed by atoms with van der Waals surface area (Å²) in [4.78, 5) is 15.6. The molecular formula is C33H41ClN2O5S. The molecule has 1 aliphatic heterocycles. The molecule has 2 aromatic rings. The van der Waals surface area contributed by atoms with Crippen molar-refractivity contribution in [3.8, 4) is 5.75 Å². The Balaban J connectivity index is 1.47. The van der Waals surface area contributed by atoms with Gasteiger partial charge in [0.15, 0.2) is 0 Å². The highest BCUT2D eigenvalue weighted by Crippen LogP contribution is 2.47. The number of anilines is 1. The molecule has 1 saturated carbocycles. The van der Waals surface area contributed by atoms with Gasteiger partial charge in [0.2, 0.25) is 10.0 Å². The number of sulfonamides is 1. The number of rotatable bonds is 11. The quantitative estimate of drug-likeness (QED) is 0.311. The van der Waals surface area contributed by atoms with E-state index >= 15 is 0 Å². The van der Waals surface area contributed by atoms with Gasteiger partial charge in [0.05, 0.1) is 23.6 Å². The first-order chi connectivity index (χ1) is 20.1. The number of amides is 1. The molecule has 5 atom stereocenters. The Hall–Kier alpha value is -2.81. The van der Waals surface area contributed by atoms with E-state index in [4.69, 9.17) is 16.3 Å². The van der Waals surface area contributed by atoms with Crippen LogP contribution in [0.1, 0.15) is 66.9 Å². The van der Waals surface area contributed by atoms with Crippen molar-refractivity contribution in [2.75, 3.05) is 24.6 Å². The average Bonchev–Trinajstić information content (AvgIpc) is 3.21. The van der Waals surface area contributed by atoms with Crippen molar-refractivity contribution in [3.05, 3.63) is 83.4 Å². The Labute approximate surface area is 254 Å². The zero-order valence-corrected chi connectivity index (χ0v) is 25.8. The van der Waals surface area contributed by atoms with Gasteiger partial charge in [-0.3, -0.25) is 4.79 Å². The average molecular weight is 613 g/mol. The minimum Gasteiger partial charge on any atom is -0.490 e. The van der Waals surface area contributed by atoms with Crippen molar-refractivity contribution in [1.82, 2.24) is 4.72 Å². The van der Waals surface area contributed by atoms with Crippen molar-refractivity contribution in [2.24, 2.45) is 11.8 Å². The van der Waals surface area contributed by atoms with E-state index < -0.39 is 27.3 Å². The van der Waals surface area contributed by atoms with E-state index in [0.717, 1.165) is 36.4 Å². The molecule has 2 unspecified atom stereocenters. The number of aliphatic hydroxyl groups is 1. The van der Waals surface area contributed by atoms with Gasteiger partial charge in [-0.05, 0) is 98.2 Å². The van der Waals surface area contributed by atoms with E-state index in [1.54, 1.807) is 37.3 Å². The van der Waals surface area contributed by atoms with Gasteiger partial charge in [-0.25, -0.2) is 13.1 Å². The molecule has 1 amide bonds. The van der Waals surface area contributed by atoms with Crippen LogP contribution in [0, 0.1) is 11.8 Å². The van der Waals surface area contributed by atoms with E-state index in [2.05, 4.69) is 28.8 Å². The standard InChI is InChI=1S/C33H41ClN2O5S/c1-4-7-8-26(5-2)42(39,40)35-32(38)23-10-14-31-29(18-23)36(19-24-9-12-27(24)30(37)6-3)20-33(21-41-31)16-15-22-17-25(34)11-13-28(22)33/h4,6,10-11,13-14,17-18,24,26-27,30,37H,1,3,5,7-9,12,15-16,19-21H2,2H3,(H,35,38)/t24-,26?,27-,30?,33-/m0/s1. The number of fused-ring (bicyclic) bond motifs is 3. The molecule has 5 rings (SSSR count). The lowest BCUT2D eigenvalue weighted by atomic mass is 9.70. The number of aryl methyl sites for hydroxylation is 1. The van der Waals surface area contributed by atoms with Gasteiger partial charge >= 0.3 is 0 Å². The number of nitrogens with one attached hydrogen (secondary N) is 1. The van der Waals surface area contributed by atoms with Crippen LogP contribution in [0.15, 0.2) is 61.7 Å². The summed E-state index contributed by atoms with van der Waals surface area (Å²) in [6.45, 7) is 11.1. The Morgan fingerprint density at radius 3 is 2.76 bits per heavy atom. The normalized spacial score (nSPS) is 24.4. The van der Waals surface area contributed by atoms with Crippen molar-refractivity contribution in [1.29, 1.82) is 0 Å². The number of benzene rings is 2. The fourth-order valence-electron chi connectivity index (χ4n) is 6.89. The van der Waals surface area contributed by atoms with Gasteiger partial charge < -0.3 is 14.7 Å². The van der Waals surface area contributed by atoms with Crippen LogP contribution in [0.5, 0.6) is 5.75 Å². The van der Waals surface area contributed by atoms with E-state index in [0.29, 0.717) is 44.7 Å². The number of hydrogen-bond acceptors (Lipinski definition) is 6. The summed E-state index contributed by atoms with van der Waals surface area (Å²) in [6.07, 6.45) is 7.82. The second kappa shape index (κ2) is 12.4. The number of nitrogens with zero attached hydrogens (tertiary/aromatic N) is 1. The van der Waals surface area contributed by atoms with Crippen LogP contribution in [0.25, 0.3) is 0 Å². The van der Waals surface area contributed by atoms with Gasteiger partial charge in [0, 0.05) is 29.1 Å². The molecule has 1 heterocycles. The molecule has 1 spiro atoms. The Morgan fingerprint density at radius 2 is 2.07 bits per heavy atom. The summed E-state index contributed by atoms with van der Waals surface area (Å²) in [6, 6.07) is 11.2. The lowest BCUT2D eigenvalue weighted by Crippen LogP contribution is -2.47. The molecule has 2 N–H and O–H groups in total. The van der Waals surface area contributed by atoms with Gasteiger partial charge in [-0.15, -0.1) is 13.2 Å². The molecule has 0 bridgehead atoms. The summed E-state index contributed by atoms with van der Waals surface area (Å²) in [7, 11) is -3.86. The summed E-state index contributed by atoms with van der Waals surface area (Å²) < 4.78 is 34.9. The number of carbonyl (C=O) groups is 1. The Kier molecular flexibility index (Phi) is 9.07. The number of ether oxygens (including phenoxy) is 1. The third-order valence-electron chi connectivity index (χ3n) is 9.50. The summed E-state index contributed by atoms with van der Waals surface area (Å²) in [5.41, 5.74) is 3.22. The van der Waals surface area contributed by atoms with Crippen LogP contribution in [-0.4, -0.2) is 50.5 Å². The smallest absolute Gasteiger partial charge is 0.264 e. The summed E-state index contributed by atoms with van der Waals surface area (Å²) in [5.74, 6) is 0.378. The van der Waals surface area contributed by atoms with E-state index in [1.165, 1.54) is 11.1 Å². The van der Waals surface area contributed by atoms with Crippen molar-refractivity contribution < 1.29 is 23.1 Å². The minimum absolute atomic E-state index is 0.124. The van der Waals surface area contributed by atoms with Crippen molar-refractivity contribution >= 4 is 33.2 Å². The van der Waals surface area contributed by atoms with Crippen LogP contribution in [0.4, 0.5) is 5.69 Å². The number of carbonyl (C=O) groups excluding carboxylic acids is 1. The van der Waals surface area contributed by atoms with Crippen LogP contribution in [0.2, 0.25) is 5.02 Å². The molecular weight excluding hydrogens is 572 g/mol. The molecule has 0 saturated heterocycles. The highest BCUT2D eigenvalue weighted by Gasteiger charge is 2.45. The molecule has 2 aromatic carbocycles. The maximum Gasteiger partial charge on any atom is 0.264 e. The predicted octanol–water partition coefficient (Wildman–Crippen LogP) is 5.80. The molecule has 226 valence electrons. The number of allylic oxidation sites excluding steroid dienone is 1. The lowest BCUT2D eigenvalue weighted by Gasteiger charge is -2.43. The number of hydrogen-bond donors (Lipinski definition) is 2. The topological polar surface area (TPSA) is 95.9 Å². The zero-order chi connectivity index (χ0) is 30.1. The maximum atomic E-state index is 13.3. The first-order valence-corrected chi connectivity index (χ1v) is 16.8. The fourth-order valence-corrected chi connectivity index (χ4v) is 8.52. The van der Waals surface area contributed by atoms with Crippen molar-refractivity contribution in [3.63, 3.8) is 0 Å². The molecule has 7 nitrogen and oxygen atoms in total. The zero-order valence-electron chi connectivity index (χ0n) is 24.2. The lowest BCUT2D eigenvalue weighted by molar-refractivity contribution is 0.0461. The Morgan fingerprint density at radius 1 is 1.26 bits per heavy atom. The van der Waals surface area contributed by atoms with Gasteiger partial charge in [-0.1, -0.05) is 36.7 Å². The third-order valence-corrected chi connectivity index (χ3v) is 11.7. The number of halogens is 1. The molecule has 0 radical (unpaired) electrons. The van der Waals surface area contributed by atoms with Crippen LogP contribution < -0.4 is 14.4 Å². The largest absolute Gasteiger partial charge is 0.490 e. The number of aliphatic hydroxyl groups excluding tert-OH is 1. The predicted molar refractivity (Wildman–Crippen MR) is 168 cm³/mol. The van der Waals surface area contributed by atoms with Crippen LogP contribution >= 0.6 is 11.6 Å². The molecule has 42 heavy (non-hydrogen) atoms. The maximum absolute atomic E-state index is 13.3. The molecule has 2 aliphatic carbocycles. The summed E-state index contributed by atoms with van der Waals surface area (Å²) in [5, 5.41) is 10.6. The minimum atomic E-state index is -3.86. The highest BCUT2D eigenvalue weighted by molar-refractivity contribution is 7.90. The summed E-state index contributed by atoms with van der Waals surface area (Å²) >= 11 is 6.33. The van der Waals surface area contributed by atoms with E-state index in [9.17, 15) is 18.3 Å². The second-order valence-corrected chi connectivity index (χ2v) is 14.4. The van der Waals surface area contributed by atoms with Crippen molar-refractivity contribution in [2.45, 2.75) is 68.6 Å². The van der Waals surface area contributed by atoms with E-state index in [-0.39, 0.29) is 22.8 Å². The van der Waals surface area contributed by atoms with E-state index in [1.807, 2.05) is 12.1 Å². The van der Waals surface area contributed by atoms with Gasteiger partial charge in [-0.2, -0.15) is 0 Å². The first kappa shape index (κ1) is 30.6.